The van der Waals surface area contributed by atoms with Crippen LogP contribution >= 0.6 is 0 Å². The maximum atomic E-state index is 9.28. The van der Waals surface area contributed by atoms with Crippen molar-refractivity contribution >= 4 is 0 Å². The minimum atomic E-state index is 0.509. The van der Waals surface area contributed by atoms with E-state index < -0.39 is 0 Å². The first-order valence-corrected chi connectivity index (χ1v) is 3.52. The van der Waals surface area contributed by atoms with Gasteiger partial charge in [-0.2, -0.15) is 4.73 Å². The summed E-state index contributed by atoms with van der Waals surface area (Å²) < 4.78 is 6.05. The average molecular weight is 164 g/mol. The molecule has 4 heteroatoms. The summed E-state index contributed by atoms with van der Waals surface area (Å²) in [6, 6.07) is 3.48. The van der Waals surface area contributed by atoms with Crippen molar-refractivity contribution in [2.75, 3.05) is 7.11 Å². The largest absolute Gasteiger partial charge is 0.496 e. The summed E-state index contributed by atoms with van der Waals surface area (Å²) in [5.41, 5.74) is 0.808. The van der Waals surface area contributed by atoms with Gasteiger partial charge in [0.1, 0.15) is 5.75 Å². The predicted molar refractivity (Wildman–Crippen MR) is 42.6 cm³/mol. The van der Waals surface area contributed by atoms with Crippen molar-refractivity contribution in [1.82, 2.24) is 9.71 Å². The third-order valence-electron chi connectivity index (χ3n) is 1.75. The van der Waals surface area contributed by atoms with Crippen LogP contribution < -0.4 is 4.74 Å². The Balaban J connectivity index is 2.71. The van der Waals surface area contributed by atoms with Gasteiger partial charge < -0.3 is 9.94 Å². The average Bonchev–Trinajstić information content (AvgIpc) is 2.54. The highest BCUT2D eigenvalue weighted by molar-refractivity contribution is 5.65. The number of nitrogens with zero attached hydrogens (tertiary/aromatic N) is 2. The lowest BCUT2D eigenvalue weighted by molar-refractivity contribution is 0.185. The zero-order valence-corrected chi connectivity index (χ0v) is 6.56. The lowest BCUT2D eigenvalue weighted by Crippen LogP contribution is -1.99. The lowest BCUT2D eigenvalue weighted by Gasteiger charge is -2.07. The molecular formula is C8H8N2O2. The molecule has 2 rings (SSSR count). The molecule has 2 aliphatic heterocycles. The van der Waals surface area contributed by atoms with Crippen molar-refractivity contribution < 1.29 is 9.94 Å². The van der Waals surface area contributed by atoms with E-state index in [1.54, 1.807) is 25.4 Å². The van der Waals surface area contributed by atoms with E-state index in [1.807, 2.05) is 0 Å². The Kier molecular flexibility index (Phi) is 1.40. The van der Waals surface area contributed by atoms with Crippen LogP contribution in [0.4, 0.5) is 0 Å². The van der Waals surface area contributed by atoms with Gasteiger partial charge in [-0.05, 0) is 6.07 Å². The molecule has 62 valence electrons. The van der Waals surface area contributed by atoms with Gasteiger partial charge in [0, 0.05) is 18.5 Å². The van der Waals surface area contributed by atoms with Crippen molar-refractivity contribution in [1.29, 1.82) is 0 Å². The first-order valence-electron chi connectivity index (χ1n) is 3.52. The van der Waals surface area contributed by atoms with Crippen LogP contribution in [0.15, 0.2) is 24.5 Å². The van der Waals surface area contributed by atoms with Crippen molar-refractivity contribution in [3.05, 3.63) is 24.5 Å². The van der Waals surface area contributed by atoms with E-state index in [-0.39, 0.29) is 0 Å². The molecule has 0 unspecified atom stereocenters. The first kappa shape index (κ1) is 6.97. The number of ether oxygens (including phenoxy) is 1. The van der Waals surface area contributed by atoms with Crippen LogP contribution in [0.2, 0.25) is 0 Å². The first-order chi connectivity index (χ1) is 5.83. The topological polar surface area (TPSA) is 47.3 Å². The molecule has 0 atom stereocenters. The molecule has 2 heterocycles. The lowest BCUT2D eigenvalue weighted by atomic mass is 10.2. The van der Waals surface area contributed by atoms with Crippen LogP contribution in [0.25, 0.3) is 11.4 Å². The van der Waals surface area contributed by atoms with E-state index in [2.05, 4.69) is 4.98 Å². The summed E-state index contributed by atoms with van der Waals surface area (Å²) >= 11 is 0. The Hall–Kier alpha value is -1.71. The normalized spacial score (nSPS) is 10.4. The van der Waals surface area contributed by atoms with Gasteiger partial charge >= 0.3 is 0 Å². The molecule has 0 aromatic rings. The molecule has 0 amide bonds. The van der Waals surface area contributed by atoms with Gasteiger partial charge in [0.05, 0.1) is 12.7 Å². The van der Waals surface area contributed by atoms with Crippen LogP contribution in [-0.4, -0.2) is 22.0 Å². The Bertz CT molecular complexity index is 370. The fourth-order valence-electron chi connectivity index (χ4n) is 1.18. The van der Waals surface area contributed by atoms with Crippen molar-refractivity contribution in [3.8, 4) is 17.1 Å². The maximum Gasteiger partial charge on any atom is 0.178 e. The molecule has 0 saturated carbocycles. The van der Waals surface area contributed by atoms with Crippen molar-refractivity contribution in [2.45, 2.75) is 0 Å². The van der Waals surface area contributed by atoms with Gasteiger partial charge in [-0.1, -0.05) is 0 Å². The maximum absolute atomic E-state index is 9.28. The second kappa shape index (κ2) is 2.41. The summed E-state index contributed by atoms with van der Waals surface area (Å²) in [6.45, 7) is 0. The second-order valence-electron chi connectivity index (χ2n) is 2.41. The quantitative estimate of drug-likeness (QED) is 0.645. The molecule has 0 aliphatic carbocycles. The van der Waals surface area contributed by atoms with Crippen LogP contribution in [0.5, 0.6) is 5.75 Å². The van der Waals surface area contributed by atoms with Gasteiger partial charge in [-0.3, -0.25) is 0 Å². The van der Waals surface area contributed by atoms with Crippen LogP contribution in [-0.2, 0) is 0 Å². The van der Waals surface area contributed by atoms with Crippen LogP contribution in [0.1, 0.15) is 0 Å². The SMILES string of the molecule is COc1ccn(O)c2nccc1-2. The summed E-state index contributed by atoms with van der Waals surface area (Å²) in [4.78, 5) is 3.96. The van der Waals surface area contributed by atoms with Crippen LogP contribution in [0, 0.1) is 0 Å². The Morgan fingerprint density at radius 2 is 2.33 bits per heavy atom. The minimum Gasteiger partial charge on any atom is -0.496 e. The zero-order chi connectivity index (χ0) is 8.55. The smallest absolute Gasteiger partial charge is 0.178 e. The van der Waals surface area contributed by atoms with E-state index in [9.17, 15) is 5.21 Å². The zero-order valence-electron chi connectivity index (χ0n) is 6.56. The number of hydrogen-bond acceptors (Lipinski definition) is 3. The van der Waals surface area contributed by atoms with E-state index >= 15 is 0 Å². The fourth-order valence-corrected chi connectivity index (χ4v) is 1.18. The second-order valence-corrected chi connectivity index (χ2v) is 2.41. The summed E-state index contributed by atoms with van der Waals surface area (Å²) in [5.74, 6) is 1.22. The molecule has 0 spiro atoms. The molecule has 4 nitrogen and oxygen atoms in total. The molecule has 0 aromatic carbocycles. The molecule has 12 heavy (non-hydrogen) atoms. The molecule has 0 saturated heterocycles. The molecule has 1 N–H and O–H groups in total. The summed E-state index contributed by atoms with van der Waals surface area (Å²) in [7, 11) is 1.59. The van der Waals surface area contributed by atoms with Crippen LogP contribution in [0.3, 0.4) is 0 Å². The molecule has 0 aromatic heterocycles. The third kappa shape index (κ3) is 0.812. The van der Waals surface area contributed by atoms with Gasteiger partial charge in [0.25, 0.3) is 0 Å². The third-order valence-corrected chi connectivity index (χ3v) is 1.75. The molecule has 2 aliphatic rings. The number of rotatable bonds is 1. The van der Waals surface area contributed by atoms with E-state index in [4.69, 9.17) is 4.74 Å². The highest BCUT2D eigenvalue weighted by Crippen LogP contribution is 2.29. The van der Waals surface area contributed by atoms with Gasteiger partial charge in [-0.25, -0.2) is 4.98 Å². The highest BCUT2D eigenvalue weighted by atomic mass is 16.5. The van der Waals surface area contributed by atoms with Crippen molar-refractivity contribution in [2.24, 2.45) is 0 Å². The number of aromatic nitrogens is 2. The number of pyridine rings is 1. The Morgan fingerprint density at radius 1 is 1.50 bits per heavy atom. The number of hydrogen-bond donors (Lipinski definition) is 1. The van der Waals surface area contributed by atoms with Crippen molar-refractivity contribution in [3.63, 3.8) is 0 Å². The minimum absolute atomic E-state index is 0.509. The fraction of sp³-hybridized carbons (Fsp3) is 0.125. The standard InChI is InChI=1S/C8H8N2O2/c1-12-7-3-5-10(11)8-6(7)2-4-9-8/h2-5,11H,1H3. The Labute approximate surface area is 69.3 Å². The van der Waals surface area contributed by atoms with Gasteiger partial charge in [0.15, 0.2) is 5.82 Å². The highest BCUT2D eigenvalue weighted by Gasteiger charge is 2.12. The predicted octanol–water partition coefficient (Wildman–Crippen LogP) is 1.23. The molecule has 0 radical (unpaired) electrons. The molecule has 0 fully saturated rings. The van der Waals surface area contributed by atoms with Gasteiger partial charge in [0.2, 0.25) is 0 Å². The molecular weight excluding hydrogens is 156 g/mol. The molecule has 0 bridgehead atoms. The van der Waals surface area contributed by atoms with E-state index in [0.717, 1.165) is 10.3 Å². The van der Waals surface area contributed by atoms with Gasteiger partial charge in [-0.15, -0.1) is 0 Å². The van der Waals surface area contributed by atoms with E-state index in [0.29, 0.717) is 11.6 Å². The summed E-state index contributed by atoms with van der Waals surface area (Å²) in [5, 5.41) is 9.28. The number of fused-ring (bicyclic) bond motifs is 1. The Morgan fingerprint density at radius 3 is 3.08 bits per heavy atom. The van der Waals surface area contributed by atoms with E-state index in [1.165, 1.54) is 6.20 Å². The monoisotopic (exact) mass is 164 g/mol. The summed E-state index contributed by atoms with van der Waals surface area (Å²) in [6.07, 6.45) is 3.12. The number of methoxy groups -OCH3 is 1.